The zero-order chi connectivity index (χ0) is 34.5. The molecule has 3 heteroatoms. The van der Waals surface area contributed by atoms with Gasteiger partial charge in [0.2, 0.25) is 0 Å². The summed E-state index contributed by atoms with van der Waals surface area (Å²) in [4.78, 5) is 7.58. The van der Waals surface area contributed by atoms with Gasteiger partial charge in [-0.1, -0.05) is 116 Å². The Bertz CT molecular complexity index is 2580. The van der Waals surface area contributed by atoms with Crippen LogP contribution >= 0.6 is 11.3 Å². The van der Waals surface area contributed by atoms with Gasteiger partial charge < -0.3 is 4.90 Å². The third-order valence-electron chi connectivity index (χ3n) is 10.6. The second-order valence-electron chi connectivity index (χ2n) is 14.0. The Labute approximate surface area is 304 Å². The number of rotatable bonds is 6. The van der Waals surface area contributed by atoms with Crippen molar-refractivity contribution in [1.82, 2.24) is 4.98 Å². The first-order valence-electron chi connectivity index (χ1n) is 18.1. The standard InChI is InChI=1S/C48H40N2S/c1-31-20-21-36(30-43(31)46-32(2)12-10-13-33(46)3)34-22-24-38(25-23-34)50(37-16-8-5-9-17-37)44-19-11-18-39-40-28-29-45-47(42(40)27-26-41(39)44)49-48(51-45)35-14-6-4-7-15-35/h5-6,8-12,14-30,32H,4,7,13H2,1-3H3. The topological polar surface area (TPSA) is 16.1 Å². The summed E-state index contributed by atoms with van der Waals surface area (Å²) in [5.41, 5.74) is 13.9. The van der Waals surface area contributed by atoms with E-state index in [9.17, 15) is 0 Å². The van der Waals surface area contributed by atoms with Gasteiger partial charge in [-0.2, -0.15) is 0 Å². The van der Waals surface area contributed by atoms with Gasteiger partial charge in [0, 0.05) is 27.7 Å². The van der Waals surface area contributed by atoms with E-state index in [-0.39, 0.29) is 0 Å². The number of para-hydroxylation sites is 1. The third kappa shape index (κ3) is 5.63. The van der Waals surface area contributed by atoms with E-state index in [4.69, 9.17) is 4.98 Å². The molecule has 0 saturated heterocycles. The molecule has 248 valence electrons. The second-order valence-corrected chi connectivity index (χ2v) is 15.0. The predicted molar refractivity (Wildman–Crippen MR) is 221 cm³/mol. The summed E-state index contributed by atoms with van der Waals surface area (Å²) < 4.78 is 1.23. The maximum Gasteiger partial charge on any atom is 0.124 e. The normalized spacial score (nSPS) is 16.0. The Morgan fingerprint density at radius 3 is 2.25 bits per heavy atom. The van der Waals surface area contributed by atoms with Crippen molar-refractivity contribution in [3.05, 3.63) is 167 Å². The van der Waals surface area contributed by atoms with E-state index in [1.165, 1.54) is 65.2 Å². The van der Waals surface area contributed by atoms with Gasteiger partial charge in [0.05, 0.1) is 15.9 Å². The first-order valence-corrected chi connectivity index (χ1v) is 18.9. The van der Waals surface area contributed by atoms with Crippen LogP contribution in [0.2, 0.25) is 0 Å². The fourth-order valence-electron chi connectivity index (χ4n) is 8.06. The molecule has 9 rings (SSSR count). The van der Waals surface area contributed by atoms with E-state index in [0.717, 1.165) is 46.8 Å². The Kier molecular flexibility index (Phi) is 8.01. The van der Waals surface area contributed by atoms with Crippen molar-refractivity contribution in [2.75, 3.05) is 4.90 Å². The molecular weight excluding hydrogens is 637 g/mol. The molecule has 0 saturated carbocycles. The molecule has 0 N–H and O–H groups in total. The van der Waals surface area contributed by atoms with Crippen LogP contribution in [0.15, 0.2) is 151 Å². The number of nitrogens with zero attached hydrogens (tertiary/aromatic N) is 2. The largest absolute Gasteiger partial charge is 0.310 e. The van der Waals surface area contributed by atoms with Crippen molar-refractivity contribution in [3.8, 4) is 11.1 Å². The summed E-state index contributed by atoms with van der Waals surface area (Å²) >= 11 is 1.79. The Hall–Kier alpha value is -5.51. The summed E-state index contributed by atoms with van der Waals surface area (Å²) in [7, 11) is 0. The van der Waals surface area contributed by atoms with Gasteiger partial charge in [0.25, 0.3) is 0 Å². The van der Waals surface area contributed by atoms with Crippen LogP contribution in [-0.4, -0.2) is 4.98 Å². The lowest BCUT2D eigenvalue weighted by Crippen LogP contribution is -2.10. The van der Waals surface area contributed by atoms with Gasteiger partial charge in [-0.15, -0.1) is 11.3 Å². The zero-order valence-electron chi connectivity index (χ0n) is 29.4. The van der Waals surface area contributed by atoms with E-state index in [1.807, 2.05) is 0 Å². The molecule has 1 atom stereocenters. The number of aryl methyl sites for hydroxylation is 1. The van der Waals surface area contributed by atoms with Gasteiger partial charge in [0.15, 0.2) is 0 Å². The highest BCUT2D eigenvalue weighted by Crippen LogP contribution is 2.43. The second kappa shape index (κ2) is 13.0. The van der Waals surface area contributed by atoms with E-state index in [1.54, 1.807) is 11.3 Å². The minimum atomic E-state index is 0.425. The van der Waals surface area contributed by atoms with Gasteiger partial charge in [0.1, 0.15) is 5.01 Å². The van der Waals surface area contributed by atoms with Crippen LogP contribution in [-0.2, 0) is 0 Å². The van der Waals surface area contributed by atoms with Crippen molar-refractivity contribution in [2.24, 2.45) is 5.92 Å². The van der Waals surface area contributed by atoms with Crippen molar-refractivity contribution in [3.63, 3.8) is 0 Å². The van der Waals surface area contributed by atoms with Crippen molar-refractivity contribution in [1.29, 1.82) is 0 Å². The van der Waals surface area contributed by atoms with E-state index < -0.39 is 0 Å². The third-order valence-corrected chi connectivity index (χ3v) is 11.7. The molecule has 0 radical (unpaired) electrons. The fraction of sp³-hybridized carbons (Fsp3) is 0.146. The number of anilines is 3. The van der Waals surface area contributed by atoms with Crippen LogP contribution in [0.25, 0.3) is 54.0 Å². The fourth-order valence-corrected chi connectivity index (χ4v) is 9.06. The summed E-state index contributed by atoms with van der Waals surface area (Å²) in [5, 5.41) is 6.00. The van der Waals surface area contributed by atoms with Crippen LogP contribution in [0, 0.1) is 12.8 Å². The van der Waals surface area contributed by atoms with Crippen LogP contribution in [0.5, 0.6) is 0 Å². The molecule has 1 heterocycles. The van der Waals surface area contributed by atoms with Crippen LogP contribution in [0.1, 0.15) is 49.2 Å². The number of hydrogen-bond acceptors (Lipinski definition) is 3. The highest BCUT2D eigenvalue weighted by atomic mass is 32.1. The smallest absolute Gasteiger partial charge is 0.124 e. The van der Waals surface area contributed by atoms with E-state index in [2.05, 4.69) is 171 Å². The number of fused-ring (bicyclic) bond motifs is 5. The summed E-state index contributed by atoms with van der Waals surface area (Å²) in [6.45, 7) is 6.84. The van der Waals surface area contributed by atoms with Crippen molar-refractivity contribution in [2.45, 2.75) is 40.0 Å². The molecule has 2 aliphatic rings. The minimum absolute atomic E-state index is 0.425. The van der Waals surface area contributed by atoms with Crippen LogP contribution in [0.3, 0.4) is 0 Å². The highest BCUT2D eigenvalue weighted by Gasteiger charge is 2.20. The number of benzene rings is 6. The summed E-state index contributed by atoms with van der Waals surface area (Å²) in [5.74, 6) is 0.425. The molecule has 0 bridgehead atoms. The summed E-state index contributed by atoms with van der Waals surface area (Å²) in [6, 6.07) is 42.6. The Morgan fingerprint density at radius 1 is 0.686 bits per heavy atom. The molecule has 7 aromatic rings. The van der Waals surface area contributed by atoms with Crippen molar-refractivity contribution < 1.29 is 0 Å². The molecule has 0 fully saturated rings. The quantitative estimate of drug-likeness (QED) is 0.129. The monoisotopic (exact) mass is 676 g/mol. The lowest BCUT2D eigenvalue weighted by atomic mass is 9.82. The predicted octanol–water partition coefficient (Wildman–Crippen LogP) is 14.2. The molecule has 2 nitrogen and oxygen atoms in total. The molecule has 0 spiro atoms. The molecule has 6 aromatic carbocycles. The SMILES string of the molecule is CC1=C(c2cc(-c3ccc(N(c4ccccc4)c4cccc5c4ccc4c5ccc5sc(C6=CCCC=C6)nc54)cc3)ccc2C)C(C)C=CC1. The maximum atomic E-state index is 5.18. The maximum absolute atomic E-state index is 5.18. The minimum Gasteiger partial charge on any atom is -0.310 e. The molecule has 1 unspecified atom stereocenters. The first-order chi connectivity index (χ1) is 25.0. The summed E-state index contributed by atoms with van der Waals surface area (Å²) in [6.07, 6.45) is 14.7. The molecule has 2 aliphatic carbocycles. The first kappa shape index (κ1) is 31.5. The average Bonchev–Trinajstić information content (AvgIpc) is 3.62. The highest BCUT2D eigenvalue weighted by molar-refractivity contribution is 7.19. The Morgan fingerprint density at radius 2 is 1.45 bits per heavy atom. The van der Waals surface area contributed by atoms with Gasteiger partial charge in [-0.05, 0) is 120 Å². The zero-order valence-corrected chi connectivity index (χ0v) is 30.2. The molecule has 0 amide bonds. The molecule has 51 heavy (non-hydrogen) atoms. The average molecular weight is 677 g/mol. The van der Waals surface area contributed by atoms with Crippen LogP contribution in [0.4, 0.5) is 17.1 Å². The van der Waals surface area contributed by atoms with E-state index >= 15 is 0 Å². The lowest BCUT2D eigenvalue weighted by Gasteiger charge is -2.27. The molecular formula is C48H40N2S. The van der Waals surface area contributed by atoms with E-state index in [0.29, 0.717) is 5.92 Å². The van der Waals surface area contributed by atoms with Crippen molar-refractivity contribution >= 4 is 71.3 Å². The molecule has 0 aliphatic heterocycles. The van der Waals surface area contributed by atoms with Gasteiger partial charge in [-0.25, -0.2) is 4.98 Å². The number of hydrogen-bond donors (Lipinski definition) is 0. The van der Waals surface area contributed by atoms with Crippen LogP contribution < -0.4 is 4.90 Å². The number of thiazole rings is 1. The number of aromatic nitrogens is 1. The Balaban J connectivity index is 1.13. The lowest BCUT2D eigenvalue weighted by molar-refractivity contribution is 0.910. The van der Waals surface area contributed by atoms with Gasteiger partial charge in [-0.3, -0.25) is 0 Å². The molecule has 1 aromatic heterocycles. The van der Waals surface area contributed by atoms with Gasteiger partial charge >= 0.3 is 0 Å². The number of allylic oxidation sites excluding steroid dienone is 8.